The van der Waals surface area contributed by atoms with Gasteiger partial charge in [0.2, 0.25) is 5.95 Å². The van der Waals surface area contributed by atoms with Crippen molar-refractivity contribution in [1.29, 1.82) is 0 Å². The molecule has 0 spiro atoms. The number of aromatic nitrogens is 4. The molecule has 0 fully saturated rings. The molecular formula is C54H32N4O. The van der Waals surface area contributed by atoms with Crippen LogP contribution in [0.5, 0.6) is 11.5 Å². The van der Waals surface area contributed by atoms with E-state index in [9.17, 15) is 0 Å². The predicted octanol–water partition coefficient (Wildman–Crippen LogP) is 14.1. The fourth-order valence-corrected chi connectivity index (χ4v) is 9.52. The maximum atomic E-state index is 6.30. The van der Waals surface area contributed by atoms with Crippen LogP contribution in [0.4, 0.5) is 0 Å². The van der Waals surface area contributed by atoms with Gasteiger partial charge in [0.05, 0.1) is 44.4 Å². The molecule has 5 heteroatoms. The second-order valence-electron chi connectivity index (χ2n) is 15.3. The van der Waals surface area contributed by atoms with Gasteiger partial charge in [0, 0.05) is 32.5 Å². The molecule has 0 atom stereocenters. The van der Waals surface area contributed by atoms with Gasteiger partial charge >= 0.3 is 0 Å². The van der Waals surface area contributed by atoms with Crippen LogP contribution in [0.15, 0.2) is 194 Å². The van der Waals surface area contributed by atoms with E-state index in [1.807, 2.05) is 36.4 Å². The average Bonchev–Trinajstić information content (AvgIpc) is 3.81. The number of para-hydroxylation sites is 3. The average molecular weight is 753 g/mol. The predicted molar refractivity (Wildman–Crippen MR) is 242 cm³/mol. The Hall–Kier alpha value is -8.02. The van der Waals surface area contributed by atoms with Crippen molar-refractivity contribution in [1.82, 2.24) is 19.1 Å². The van der Waals surface area contributed by atoms with E-state index in [1.165, 1.54) is 55.0 Å². The van der Waals surface area contributed by atoms with Crippen molar-refractivity contribution in [2.75, 3.05) is 0 Å². The lowest BCUT2D eigenvalue weighted by atomic mass is 9.97. The SMILES string of the molecule is c1ccc(-c2ccc(-n3c4ccccc4c4cc(-c5ccc6c(c5)c5ccccc5n6-c5nc6c7c(cccc7n5)Oc5ccccc5-6)ccc43)c3ccccc23)cc1. The van der Waals surface area contributed by atoms with Gasteiger partial charge in [-0.05, 0) is 94.4 Å². The van der Waals surface area contributed by atoms with Crippen LogP contribution >= 0.6 is 0 Å². The summed E-state index contributed by atoms with van der Waals surface area (Å²) in [5.74, 6) is 2.22. The molecule has 0 radical (unpaired) electrons. The summed E-state index contributed by atoms with van der Waals surface area (Å²) >= 11 is 0. The lowest BCUT2D eigenvalue weighted by molar-refractivity contribution is 0.486. The van der Waals surface area contributed by atoms with Crippen molar-refractivity contribution < 1.29 is 4.74 Å². The monoisotopic (exact) mass is 752 g/mol. The first-order valence-electron chi connectivity index (χ1n) is 20.0. The van der Waals surface area contributed by atoms with Crippen LogP contribution in [0.3, 0.4) is 0 Å². The molecule has 0 amide bonds. The molecule has 12 aromatic rings. The zero-order valence-electron chi connectivity index (χ0n) is 31.7. The third-order valence-electron chi connectivity index (χ3n) is 12.1. The fraction of sp³-hybridized carbons (Fsp3) is 0. The van der Waals surface area contributed by atoms with E-state index in [-0.39, 0.29) is 0 Å². The van der Waals surface area contributed by atoms with Crippen molar-refractivity contribution in [2.24, 2.45) is 0 Å². The summed E-state index contributed by atoms with van der Waals surface area (Å²) in [4.78, 5) is 10.5. The zero-order chi connectivity index (χ0) is 38.6. The zero-order valence-corrected chi connectivity index (χ0v) is 31.7. The molecule has 9 aromatic carbocycles. The molecule has 4 heterocycles. The van der Waals surface area contributed by atoms with Crippen molar-refractivity contribution in [3.63, 3.8) is 0 Å². The minimum atomic E-state index is 0.638. The van der Waals surface area contributed by atoms with Gasteiger partial charge in [-0.2, -0.15) is 0 Å². The van der Waals surface area contributed by atoms with E-state index in [1.54, 1.807) is 0 Å². The van der Waals surface area contributed by atoms with E-state index in [4.69, 9.17) is 14.7 Å². The van der Waals surface area contributed by atoms with Gasteiger partial charge in [0.15, 0.2) is 0 Å². The fourth-order valence-electron chi connectivity index (χ4n) is 9.52. The Morgan fingerprint density at radius 3 is 1.71 bits per heavy atom. The quantitative estimate of drug-likeness (QED) is 0.180. The molecule has 274 valence electrons. The van der Waals surface area contributed by atoms with Crippen LogP contribution < -0.4 is 4.74 Å². The second-order valence-corrected chi connectivity index (χ2v) is 15.3. The van der Waals surface area contributed by atoms with Gasteiger partial charge < -0.3 is 9.30 Å². The smallest absolute Gasteiger partial charge is 0.235 e. The Bertz CT molecular complexity index is 3710. The van der Waals surface area contributed by atoms with Gasteiger partial charge in [-0.3, -0.25) is 4.57 Å². The molecule has 0 bridgehead atoms. The summed E-state index contributed by atoms with van der Waals surface area (Å²) in [6, 6.07) is 69.2. The molecule has 59 heavy (non-hydrogen) atoms. The Morgan fingerprint density at radius 2 is 0.949 bits per heavy atom. The summed E-state index contributed by atoms with van der Waals surface area (Å²) < 4.78 is 10.9. The van der Waals surface area contributed by atoms with E-state index in [0.717, 1.165) is 61.0 Å². The summed E-state index contributed by atoms with van der Waals surface area (Å²) in [7, 11) is 0. The molecular weight excluding hydrogens is 721 g/mol. The maximum Gasteiger partial charge on any atom is 0.235 e. The van der Waals surface area contributed by atoms with E-state index >= 15 is 0 Å². The van der Waals surface area contributed by atoms with Crippen LogP contribution in [0, 0.1) is 0 Å². The van der Waals surface area contributed by atoms with Crippen molar-refractivity contribution in [3.8, 4) is 56.6 Å². The van der Waals surface area contributed by atoms with Crippen LogP contribution in [-0.2, 0) is 0 Å². The number of fused-ring (bicyclic) bond motifs is 9. The van der Waals surface area contributed by atoms with E-state index in [0.29, 0.717) is 5.95 Å². The molecule has 5 nitrogen and oxygen atoms in total. The van der Waals surface area contributed by atoms with Crippen LogP contribution in [0.25, 0.3) is 110 Å². The molecule has 1 aliphatic heterocycles. The molecule has 0 N–H and O–H groups in total. The normalized spacial score (nSPS) is 12.2. The van der Waals surface area contributed by atoms with E-state index < -0.39 is 0 Å². The maximum absolute atomic E-state index is 6.30. The number of hydrogen-bond acceptors (Lipinski definition) is 3. The minimum absolute atomic E-state index is 0.638. The number of ether oxygens (including phenoxy) is 1. The van der Waals surface area contributed by atoms with Gasteiger partial charge in [0.25, 0.3) is 0 Å². The van der Waals surface area contributed by atoms with Gasteiger partial charge in [-0.1, -0.05) is 127 Å². The van der Waals surface area contributed by atoms with E-state index in [2.05, 4.69) is 167 Å². The van der Waals surface area contributed by atoms with Gasteiger partial charge in [-0.15, -0.1) is 0 Å². The molecule has 1 aliphatic rings. The Kier molecular flexibility index (Phi) is 6.66. The first kappa shape index (κ1) is 32.1. The highest BCUT2D eigenvalue weighted by atomic mass is 16.5. The molecule has 0 saturated heterocycles. The lowest BCUT2D eigenvalue weighted by Crippen LogP contribution is -2.06. The highest BCUT2D eigenvalue weighted by Crippen LogP contribution is 2.46. The number of hydrogen-bond donors (Lipinski definition) is 0. The number of rotatable bonds is 4. The number of nitrogens with zero attached hydrogens (tertiary/aromatic N) is 4. The van der Waals surface area contributed by atoms with Gasteiger partial charge in [0.1, 0.15) is 11.5 Å². The Labute approximate surface area is 338 Å². The Balaban J connectivity index is 0.987. The third-order valence-corrected chi connectivity index (χ3v) is 12.1. The first-order valence-corrected chi connectivity index (χ1v) is 20.0. The van der Waals surface area contributed by atoms with Crippen molar-refractivity contribution in [3.05, 3.63) is 194 Å². The molecule has 13 rings (SSSR count). The largest absolute Gasteiger partial charge is 0.456 e. The lowest BCUT2D eigenvalue weighted by Gasteiger charge is -2.20. The Morgan fingerprint density at radius 1 is 0.356 bits per heavy atom. The molecule has 0 aliphatic carbocycles. The summed E-state index contributed by atoms with van der Waals surface area (Å²) in [6.45, 7) is 0. The summed E-state index contributed by atoms with van der Waals surface area (Å²) in [5, 5.41) is 8.16. The standard InChI is InChI=1S/C54H32N4O/c1-2-13-33(14-3-1)36-27-30-47(38-16-5-4-15-37(36)38)57-45-21-9-6-17-39(45)42-31-34(25-28-48(42)57)35-26-29-49-43(32-35)40-18-7-10-22-46(40)58(49)54-55-44-20-12-24-51-52(44)53(56-54)41-19-8-11-23-50(41)59-51/h1-32H. The first-order chi connectivity index (χ1) is 29.3. The van der Waals surface area contributed by atoms with Gasteiger partial charge in [-0.25, -0.2) is 9.97 Å². The summed E-state index contributed by atoms with van der Waals surface area (Å²) in [6.07, 6.45) is 0. The van der Waals surface area contributed by atoms with Crippen LogP contribution in [0.1, 0.15) is 0 Å². The van der Waals surface area contributed by atoms with Crippen LogP contribution in [0.2, 0.25) is 0 Å². The molecule has 0 saturated carbocycles. The minimum Gasteiger partial charge on any atom is -0.456 e. The highest BCUT2D eigenvalue weighted by Gasteiger charge is 2.25. The summed E-state index contributed by atoms with van der Waals surface area (Å²) in [5.41, 5.74) is 13.1. The van der Waals surface area contributed by atoms with Crippen molar-refractivity contribution >= 4 is 65.3 Å². The van der Waals surface area contributed by atoms with Crippen LogP contribution in [-0.4, -0.2) is 19.1 Å². The topological polar surface area (TPSA) is 44.9 Å². The molecule has 0 unspecified atom stereocenters. The second kappa shape index (κ2) is 12.2. The molecule has 3 aromatic heterocycles. The third kappa shape index (κ3) is 4.67. The highest BCUT2D eigenvalue weighted by molar-refractivity contribution is 6.14. The van der Waals surface area contributed by atoms with Crippen molar-refractivity contribution in [2.45, 2.75) is 0 Å². The number of benzene rings is 9.